The van der Waals surface area contributed by atoms with E-state index >= 15 is 0 Å². The Bertz CT molecular complexity index is 1130. The van der Waals surface area contributed by atoms with Gasteiger partial charge in [0.15, 0.2) is 0 Å². The number of aromatic nitrogens is 1. The minimum atomic E-state index is -1.10. The predicted octanol–water partition coefficient (Wildman–Crippen LogP) is 3.51. The Balaban J connectivity index is 1.53. The third kappa shape index (κ3) is 1.97. The molecule has 1 saturated heterocycles. The fraction of sp³-hybridized carbons (Fsp3) is 0.381. The van der Waals surface area contributed by atoms with E-state index in [0.29, 0.717) is 17.5 Å². The van der Waals surface area contributed by atoms with Gasteiger partial charge in [-0.3, -0.25) is 0 Å². The maximum atomic E-state index is 13.2. The van der Waals surface area contributed by atoms with Crippen LogP contribution in [0.5, 0.6) is 0 Å². The zero-order valence-corrected chi connectivity index (χ0v) is 17.2. The van der Waals surface area contributed by atoms with Crippen molar-refractivity contribution < 1.29 is 14.3 Å². The number of ether oxygens (including phenoxy) is 1. The van der Waals surface area contributed by atoms with E-state index in [2.05, 4.69) is 28.5 Å². The van der Waals surface area contributed by atoms with Crippen LogP contribution in [0.2, 0.25) is 0 Å². The average Bonchev–Trinajstić information content (AvgIpc) is 3.19. The minimum absolute atomic E-state index is 0.0862. The summed E-state index contributed by atoms with van der Waals surface area (Å²) in [6, 6.07) is 12.3. The van der Waals surface area contributed by atoms with Crippen molar-refractivity contribution in [1.29, 1.82) is 0 Å². The molecule has 138 valence electrons. The standard InChI is InChI=1S/C21H20N2O3Se/c1-19(2)20(3)10-11-21(19,26-17(20)25)16(24)23-18-22-14-9-8-12-6-4-5-7-13(12)15(14)27-18/h4-9H,10-11H2,1-3H3,(H,22,23,24). The van der Waals surface area contributed by atoms with Gasteiger partial charge in [-0.25, -0.2) is 0 Å². The van der Waals surface area contributed by atoms with Crippen LogP contribution in [-0.2, 0) is 14.3 Å². The van der Waals surface area contributed by atoms with Crippen LogP contribution in [0.25, 0.3) is 20.5 Å². The molecule has 1 saturated carbocycles. The Kier molecular flexibility index (Phi) is 3.27. The molecule has 1 aromatic heterocycles. The molecule has 5 nitrogen and oxygen atoms in total. The van der Waals surface area contributed by atoms with Crippen molar-refractivity contribution in [2.45, 2.75) is 39.2 Å². The van der Waals surface area contributed by atoms with Gasteiger partial charge >= 0.3 is 163 Å². The van der Waals surface area contributed by atoms with Crippen molar-refractivity contribution in [3.05, 3.63) is 36.4 Å². The summed E-state index contributed by atoms with van der Waals surface area (Å²) in [5.74, 6) is -0.498. The van der Waals surface area contributed by atoms with E-state index in [0.717, 1.165) is 5.52 Å². The normalized spacial score (nSPS) is 28.6. The number of carbonyl (C=O) groups is 2. The molecule has 2 aromatic carbocycles. The number of benzene rings is 2. The van der Waals surface area contributed by atoms with E-state index in [-0.39, 0.29) is 26.4 Å². The van der Waals surface area contributed by atoms with E-state index in [1.807, 2.05) is 39.0 Å². The maximum absolute atomic E-state index is 13.2. The number of fused-ring (bicyclic) bond motifs is 5. The number of rotatable bonds is 2. The number of hydrogen-bond donors (Lipinski definition) is 1. The van der Waals surface area contributed by atoms with Crippen molar-refractivity contribution >= 4 is 51.6 Å². The van der Waals surface area contributed by atoms with Crippen LogP contribution in [0.4, 0.5) is 4.69 Å². The number of hydrogen-bond acceptors (Lipinski definition) is 4. The molecular formula is C21H20N2O3Se. The van der Waals surface area contributed by atoms with Crippen molar-refractivity contribution in [3.63, 3.8) is 0 Å². The first kappa shape index (κ1) is 17.0. The van der Waals surface area contributed by atoms with Crippen LogP contribution in [0.1, 0.15) is 33.6 Å². The fourth-order valence-electron chi connectivity index (χ4n) is 4.65. The van der Waals surface area contributed by atoms with Crippen LogP contribution >= 0.6 is 0 Å². The molecule has 1 amide bonds. The fourth-order valence-corrected chi connectivity index (χ4v) is 6.74. The Morgan fingerprint density at radius 3 is 2.63 bits per heavy atom. The molecule has 2 atom stereocenters. The van der Waals surface area contributed by atoms with E-state index in [9.17, 15) is 9.59 Å². The zero-order valence-electron chi connectivity index (χ0n) is 15.5. The number of nitrogens with zero attached hydrogens (tertiary/aromatic N) is 1. The van der Waals surface area contributed by atoms with Crippen LogP contribution in [0.15, 0.2) is 36.4 Å². The second kappa shape index (κ2) is 5.21. The molecule has 27 heavy (non-hydrogen) atoms. The topological polar surface area (TPSA) is 68.3 Å². The first-order chi connectivity index (χ1) is 12.8. The van der Waals surface area contributed by atoms with Gasteiger partial charge in [-0.05, 0) is 0 Å². The van der Waals surface area contributed by atoms with Crippen molar-refractivity contribution in [2.24, 2.45) is 10.8 Å². The molecule has 1 aliphatic carbocycles. The van der Waals surface area contributed by atoms with Gasteiger partial charge in [-0.15, -0.1) is 0 Å². The Hall–Kier alpha value is -2.17. The first-order valence-corrected chi connectivity index (χ1v) is 10.8. The Morgan fingerprint density at radius 2 is 1.93 bits per heavy atom. The average molecular weight is 427 g/mol. The van der Waals surface area contributed by atoms with Crippen molar-refractivity contribution in [2.75, 3.05) is 5.32 Å². The molecule has 0 radical (unpaired) electrons. The molecule has 1 N–H and O–H groups in total. The number of carbonyl (C=O) groups excluding carboxylic acids is 2. The van der Waals surface area contributed by atoms with Gasteiger partial charge in [-0.2, -0.15) is 0 Å². The van der Waals surface area contributed by atoms with Crippen LogP contribution in [0, 0.1) is 10.8 Å². The van der Waals surface area contributed by atoms with Gasteiger partial charge < -0.3 is 0 Å². The molecule has 0 spiro atoms. The van der Waals surface area contributed by atoms with Crippen LogP contribution < -0.4 is 5.32 Å². The summed E-state index contributed by atoms with van der Waals surface area (Å²) in [6.45, 7) is 5.85. The third-order valence-electron chi connectivity index (χ3n) is 6.95. The summed E-state index contributed by atoms with van der Waals surface area (Å²) in [4.78, 5) is 30.3. The van der Waals surface area contributed by atoms with Gasteiger partial charge in [0, 0.05) is 0 Å². The number of anilines is 1. The summed E-state index contributed by atoms with van der Waals surface area (Å²) in [6.07, 6.45) is 1.24. The summed E-state index contributed by atoms with van der Waals surface area (Å²) in [7, 11) is 0. The summed E-state index contributed by atoms with van der Waals surface area (Å²) < 4.78 is 7.56. The monoisotopic (exact) mass is 428 g/mol. The predicted molar refractivity (Wildman–Crippen MR) is 105 cm³/mol. The number of nitrogens with one attached hydrogen (secondary N) is 1. The van der Waals surface area contributed by atoms with Gasteiger partial charge in [0.2, 0.25) is 0 Å². The third-order valence-corrected chi connectivity index (χ3v) is 9.09. The second-order valence-corrected chi connectivity index (χ2v) is 10.4. The van der Waals surface area contributed by atoms with Crippen LogP contribution in [-0.4, -0.2) is 37.0 Å². The molecule has 2 heterocycles. The summed E-state index contributed by atoms with van der Waals surface area (Å²) >= 11 is -0.0862. The van der Waals surface area contributed by atoms with E-state index in [1.54, 1.807) is 0 Å². The molecule has 2 aliphatic rings. The van der Waals surface area contributed by atoms with Gasteiger partial charge in [0.1, 0.15) is 0 Å². The molecule has 2 fully saturated rings. The molecule has 6 heteroatoms. The molecule has 2 bridgehead atoms. The molecule has 3 aromatic rings. The molecule has 2 unspecified atom stereocenters. The zero-order chi connectivity index (χ0) is 19.0. The SMILES string of the molecule is CC12CCC(C(=O)Nc3nc4ccc5ccccc5c4[se]3)(OC1=O)C2(C)C. The van der Waals surface area contributed by atoms with E-state index in [1.165, 1.54) is 15.0 Å². The number of esters is 1. The molecule has 1 aliphatic heterocycles. The van der Waals surface area contributed by atoms with E-state index in [4.69, 9.17) is 4.74 Å². The van der Waals surface area contributed by atoms with Crippen molar-refractivity contribution in [1.82, 2.24) is 4.98 Å². The Labute approximate surface area is 162 Å². The van der Waals surface area contributed by atoms with Crippen LogP contribution in [0.3, 0.4) is 0 Å². The van der Waals surface area contributed by atoms with E-state index < -0.39 is 16.4 Å². The summed E-state index contributed by atoms with van der Waals surface area (Å²) in [5.41, 5.74) is -1.34. The first-order valence-electron chi connectivity index (χ1n) is 9.12. The van der Waals surface area contributed by atoms with Gasteiger partial charge in [-0.1, -0.05) is 0 Å². The van der Waals surface area contributed by atoms with Gasteiger partial charge in [0.05, 0.1) is 0 Å². The summed E-state index contributed by atoms with van der Waals surface area (Å²) in [5, 5.41) is 5.37. The second-order valence-electron chi connectivity index (χ2n) is 8.28. The van der Waals surface area contributed by atoms with Crippen molar-refractivity contribution in [3.8, 4) is 0 Å². The molecule has 5 rings (SSSR count). The Morgan fingerprint density at radius 1 is 1.15 bits per heavy atom. The molecular weight excluding hydrogens is 407 g/mol. The quantitative estimate of drug-likeness (QED) is 0.502. The number of amides is 1. The van der Waals surface area contributed by atoms with Gasteiger partial charge in [0.25, 0.3) is 0 Å².